The molecule has 37 heteroatoms. The van der Waals surface area contributed by atoms with Crippen molar-refractivity contribution in [3.05, 3.63) is 11.6 Å². The van der Waals surface area contributed by atoms with Gasteiger partial charge in [0.2, 0.25) is 6.29 Å². The molecule has 0 spiro atoms. The van der Waals surface area contributed by atoms with Crippen molar-refractivity contribution in [2.24, 2.45) is 50.2 Å². The molecule has 622 valence electrons. The summed E-state index contributed by atoms with van der Waals surface area (Å²) >= 11 is 0. The standard InChI is InChI=1S/C71H116O37/c1-25-38(78)42(82)47(87)60(97-25)105-55-31(21-74)101-63(51(91)46(55)86)107-57-41(81)30(20-73)98-58(53(57)93)96-24-33-40(80)44(84)49(89)64(102-33)108-65(94)71-16-15-66(2,3)17-27(71)26-9-10-35-68(6)13-12-37(67(4,5)34(68)11-14-69(35,7)70(26,8)18-36(71)77)103-59-52(92)54(28(76)23-95-59)104-62-50(90)45(85)56(32(22-75)100-62)106-61-48(88)43(83)39(79)29(19-72)99-61/h9,25,27-64,72-93H,10-24H2,1-8H3/t25-,27-,28-,29+,30+,31+,32+,33+,34-,35+,36+,37-,38-,39+,40+,41+,42+,43-,44-,45+,46+,47+,48+,49+,50+,51+,52+,53+,54-,55+,56+,57-,58+,59-,60-,61-,62-,63-,64-,68-,69+,70+,71+/m0/s1. The Bertz CT molecular complexity index is 3060. The van der Waals surface area contributed by atoms with Crippen molar-refractivity contribution in [1.29, 1.82) is 0 Å². The fraction of sp³-hybridized carbons (Fsp3) is 0.958. The number of fused-ring (bicyclic) bond motifs is 7. The maximum Gasteiger partial charge on any atom is 0.317 e. The van der Waals surface area contributed by atoms with E-state index in [1.807, 2.05) is 0 Å². The Kier molecular flexibility index (Phi) is 25.5. The zero-order chi connectivity index (χ0) is 78.9. The van der Waals surface area contributed by atoms with Crippen LogP contribution in [0.2, 0.25) is 0 Å². The molecule has 0 bridgehead atoms. The van der Waals surface area contributed by atoms with Crippen LogP contribution >= 0.6 is 0 Å². The van der Waals surface area contributed by atoms with Gasteiger partial charge in [0, 0.05) is 0 Å². The van der Waals surface area contributed by atoms with Gasteiger partial charge in [-0.25, -0.2) is 0 Å². The SMILES string of the molecule is C[C@@H]1O[C@@H](O[C@H]2[C@H](O)[C@@H](O)[C@H](O[C@@H]3[C@@H](O)[C@H](OC[C@H]4O[C@@H](OC(=O)[C@]56CCC(C)(C)C[C@H]5C5=CC[C@@H]7[C@@]8(C)CC[C@H](O[C@@H]9OC[C@H](O)[C@H](O[C@@H]%10O[C@H](CO)[C@@H](O[C@@H]%11O[C@H](CO)[C@@H](O)[C@H](O)[C@H]%11O)[C@H](O)[C@H]%10O)[C@H]9O)C(C)(C)[C@@H]8CC[C@@]7(C)[C@]5(C)C[C@H]6O)[C@H](O)[C@@H](O)[C@@H]4O)O[C@H](CO)[C@H]3O)O[C@@H]2CO)[C@H](O)[C@H](O)[C@H]1O. The number of ether oxygens (including phenoxy) is 14. The summed E-state index contributed by atoms with van der Waals surface area (Å²) in [5.74, 6) is -1.51. The Balaban J connectivity index is 0.698. The number of carbonyl (C=O) groups excluding carboxylic acids is 1. The van der Waals surface area contributed by atoms with Crippen LogP contribution in [0.5, 0.6) is 0 Å². The highest BCUT2D eigenvalue weighted by atomic mass is 16.8. The van der Waals surface area contributed by atoms with Gasteiger partial charge in [0.05, 0.1) is 58.0 Å². The minimum absolute atomic E-state index is 0.00311. The Morgan fingerprint density at radius 3 is 1.51 bits per heavy atom. The lowest BCUT2D eigenvalue weighted by Gasteiger charge is -2.71. The zero-order valence-electron chi connectivity index (χ0n) is 61.7. The number of carbonyl (C=O) groups is 1. The van der Waals surface area contributed by atoms with E-state index in [0.29, 0.717) is 44.9 Å². The molecule has 22 N–H and O–H groups in total. The van der Waals surface area contributed by atoms with Gasteiger partial charge in [0.25, 0.3) is 0 Å². The van der Waals surface area contributed by atoms with Crippen LogP contribution in [0.3, 0.4) is 0 Å². The van der Waals surface area contributed by atoms with Crippen molar-refractivity contribution in [2.45, 2.75) is 334 Å². The van der Waals surface area contributed by atoms with Crippen LogP contribution in [-0.4, -0.2) is 379 Å². The number of allylic oxidation sites excluding steroid dienone is 2. The van der Waals surface area contributed by atoms with Gasteiger partial charge >= 0.3 is 5.97 Å². The summed E-state index contributed by atoms with van der Waals surface area (Å²) in [6.45, 7) is 11.8. The Morgan fingerprint density at radius 2 is 0.926 bits per heavy atom. The lowest BCUT2D eigenvalue weighted by Crippen LogP contribution is -2.68. The highest BCUT2D eigenvalue weighted by molar-refractivity contribution is 5.80. The van der Waals surface area contributed by atoms with Gasteiger partial charge in [0.15, 0.2) is 37.7 Å². The van der Waals surface area contributed by atoms with Crippen LogP contribution in [0, 0.1) is 50.2 Å². The normalized spacial score (nSPS) is 54.5. The predicted molar refractivity (Wildman–Crippen MR) is 355 cm³/mol. The number of rotatable bonds is 19. The van der Waals surface area contributed by atoms with Crippen molar-refractivity contribution in [3.8, 4) is 0 Å². The first kappa shape index (κ1) is 85.2. The molecule has 12 rings (SSSR count). The molecule has 7 aliphatic heterocycles. The lowest BCUT2D eigenvalue weighted by molar-refractivity contribution is -0.380. The topological polar surface area (TPSA) is 591 Å². The van der Waals surface area contributed by atoms with E-state index in [4.69, 9.17) is 66.3 Å². The zero-order valence-corrected chi connectivity index (χ0v) is 61.7. The second-order valence-corrected chi connectivity index (χ2v) is 34.4. The van der Waals surface area contributed by atoms with Gasteiger partial charge in [-0.05, 0) is 110 Å². The minimum atomic E-state index is -2.09. The van der Waals surface area contributed by atoms with E-state index in [0.717, 1.165) is 5.57 Å². The summed E-state index contributed by atoms with van der Waals surface area (Å²) < 4.78 is 82.1. The van der Waals surface area contributed by atoms with E-state index in [2.05, 4.69) is 54.5 Å². The minimum Gasteiger partial charge on any atom is -0.432 e. The molecule has 5 aliphatic carbocycles. The van der Waals surface area contributed by atoms with Crippen LogP contribution in [0.25, 0.3) is 0 Å². The Hall–Kier alpha value is -2.19. The van der Waals surface area contributed by atoms with Gasteiger partial charge in [0.1, 0.15) is 164 Å². The first-order valence-corrected chi connectivity index (χ1v) is 37.7. The van der Waals surface area contributed by atoms with Crippen LogP contribution in [0.1, 0.15) is 113 Å². The van der Waals surface area contributed by atoms with E-state index in [9.17, 15) is 112 Å². The van der Waals surface area contributed by atoms with Crippen LogP contribution in [-0.2, 0) is 71.1 Å². The number of aliphatic hydroxyl groups excluding tert-OH is 22. The number of hydrogen-bond donors (Lipinski definition) is 22. The third kappa shape index (κ3) is 14.7. The Morgan fingerprint density at radius 1 is 0.444 bits per heavy atom. The molecule has 43 atom stereocenters. The average Bonchev–Trinajstić information content (AvgIpc) is 0.670. The maximum atomic E-state index is 15.5. The van der Waals surface area contributed by atoms with E-state index in [1.54, 1.807) is 0 Å². The van der Waals surface area contributed by atoms with Crippen LogP contribution in [0.15, 0.2) is 11.6 Å². The summed E-state index contributed by atoms with van der Waals surface area (Å²) in [7, 11) is 0. The average molecular weight is 1560 g/mol. The summed E-state index contributed by atoms with van der Waals surface area (Å²) in [5.41, 5.74) is -3.11. The molecule has 12 aliphatic rings. The third-order valence-electron chi connectivity index (χ3n) is 27.3. The smallest absolute Gasteiger partial charge is 0.317 e. The molecule has 108 heavy (non-hydrogen) atoms. The Labute approximate surface area is 623 Å². The highest BCUT2D eigenvalue weighted by Crippen LogP contribution is 2.76. The van der Waals surface area contributed by atoms with Gasteiger partial charge in [-0.3, -0.25) is 4.79 Å². The summed E-state index contributed by atoms with van der Waals surface area (Å²) in [4.78, 5) is 15.5. The van der Waals surface area contributed by atoms with Gasteiger partial charge in [-0.15, -0.1) is 0 Å². The number of aliphatic hydroxyl groups is 22. The van der Waals surface area contributed by atoms with Gasteiger partial charge in [-0.2, -0.15) is 0 Å². The van der Waals surface area contributed by atoms with Crippen LogP contribution < -0.4 is 0 Å². The van der Waals surface area contributed by atoms with Crippen molar-refractivity contribution < 1.29 is 183 Å². The monoisotopic (exact) mass is 1560 g/mol. The summed E-state index contributed by atoms with van der Waals surface area (Å²) in [6.07, 6.45) is -55.2. The van der Waals surface area contributed by atoms with Crippen molar-refractivity contribution in [2.75, 3.05) is 39.6 Å². The molecule has 0 unspecified atom stereocenters. The quantitative estimate of drug-likeness (QED) is 0.0324. The van der Waals surface area contributed by atoms with E-state index in [-0.39, 0.29) is 35.5 Å². The van der Waals surface area contributed by atoms with Crippen molar-refractivity contribution in [3.63, 3.8) is 0 Å². The molecule has 37 nitrogen and oxygen atoms in total. The van der Waals surface area contributed by atoms with E-state index >= 15 is 4.79 Å². The van der Waals surface area contributed by atoms with Crippen molar-refractivity contribution in [1.82, 2.24) is 0 Å². The van der Waals surface area contributed by atoms with Gasteiger partial charge in [-0.1, -0.05) is 60.1 Å². The maximum absolute atomic E-state index is 15.5. The van der Waals surface area contributed by atoms with Crippen molar-refractivity contribution >= 4 is 5.97 Å². The summed E-state index contributed by atoms with van der Waals surface area (Å²) in [5, 5.41) is 242. The fourth-order valence-corrected chi connectivity index (χ4v) is 20.7. The molecule has 0 aromatic rings. The fourth-order valence-electron chi connectivity index (χ4n) is 20.7. The second-order valence-electron chi connectivity index (χ2n) is 34.4. The molecule has 7 heterocycles. The molecule has 0 amide bonds. The molecule has 11 fully saturated rings. The number of hydrogen-bond acceptors (Lipinski definition) is 37. The molecular weight excluding hydrogens is 1440 g/mol. The molecule has 7 saturated heterocycles. The molecule has 0 aromatic heterocycles. The van der Waals surface area contributed by atoms with Gasteiger partial charge < -0.3 is 179 Å². The molecule has 4 saturated carbocycles. The van der Waals surface area contributed by atoms with Crippen LogP contribution in [0.4, 0.5) is 0 Å². The second kappa shape index (κ2) is 32.4. The lowest BCUT2D eigenvalue weighted by atomic mass is 9.33. The van der Waals surface area contributed by atoms with E-state index in [1.165, 1.54) is 6.92 Å². The molecule has 0 radical (unpaired) electrons. The molecular formula is C71H116O37. The summed E-state index contributed by atoms with van der Waals surface area (Å²) in [6, 6.07) is 0. The first-order chi connectivity index (χ1) is 50.7. The number of esters is 1. The largest absolute Gasteiger partial charge is 0.432 e. The van der Waals surface area contributed by atoms with E-state index < -0.39 is 294 Å². The highest BCUT2D eigenvalue weighted by Gasteiger charge is 2.73. The first-order valence-electron chi connectivity index (χ1n) is 37.7. The predicted octanol–water partition coefficient (Wildman–Crippen LogP) is -7.93. The third-order valence-corrected chi connectivity index (χ3v) is 27.3. The molecule has 0 aromatic carbocycles.